The summed E-state index contributed by atoms with van der Waals surface area (Å²) in [7, 11) is -4.07. The van der Waals surface area contributed by atoms with Crippen LogP contribution in [-0.4, -0.2) is 19.3 Å². The molecule has 0 radical (unpaired) electrons. The van der Waals surface area contributed by atoms with Gasteiger partial charge in [-0.1, -0.05) is 39.7 Å². The maximum atomic E-state index is 11.9. The van der Waals surface area contributed by atoms with Crippen LogP contribution in [-0.2, 0) is 10.0 Å². The Balaban J connectivity index is 0.00000264. The summed E-state index contributed by atoms with van der Waals surface area (Å²) in [6, 6.07) is 9.50. The molecule has 0 aliphatic rings. The molecule has 0 aliphatic heterocycles. The monoisotopic (exact) mass is 422 g/mol. The number of aromatic nitrogens is 1. The average molecular weight is 424 g/mol. The topological polar surface area (TPSA) is 82.5 Å². The minimum Gasteiger partial charge on any atom is -0.858 e. The van der Waals surface area contributed by atoms with Gasteiger partial charge in [-0.15, -0.1) is 0 Å². The molecule has 0 fully saturated rings. The Labute approximate surface area is 169 Å². The number of hydrogen-bond donors (Lipinski definition) is 0. The van der Waals surface area contributed by atoms with E-state index in [0.717, 1.165) is 5.41 Å². The van der Waals surface area contributed by atoms with Crippen molar-refractivity contribution >= 4 is 49.5 Å². The van der Waals surface area contributed by atoms with Crippen LogP contribution in [0.5, 0.6) is 0 Å². The van der Waals surface area contributed by atoms with Crippen molar-refractivity contribution in [3.05, 3.63) is 68.8 Å². The molecule has 2 aromatic rings. The second-order valence-electron chi connectivity index (χ2n) is 4.09. The van der Waals surface area contributed by atoms with E-state index in [1.54, 1.807) is 24.3 Å². The van der Waals surface area contributed by atoms with Gasteiger partial charge in [0, 0.05) is 27.2 Å². The van der Waals surface area contributed by atoms with Crippen LogP contribution >= 0.6 is 27.5 Å². The van der Waals surface area contributed by atoms with Crippen LogP contribution in [0.15, 0.2) is 56.9 Å². The minimum atomic E-state index is -4.07. The molecule has 0 N–H and O–H groups in total. The van der Waals surface area contributed by atoms with Crippen molar-refractivity contribution < 1.29 is 43.1 Å². The Bertz CT molecular complexity index is 842. The maximum absolute atomic E-state index is 11.9. The molecular formula is C14H9BrClN2NaO3S. The SMILES string of the molecule is O=S(=O)(/C=C/c1ccccn1)/N=C(\[O-])c1ccc(Br)cc1Cl.[Na+]. The van der Waals surface area contributed by atoms with E-state index >= 15 is 0 Å². The number of hydrogen-bond acceptors (Lipinski definition) is 4. The van der Waals surface area contributed by atoms with Crippen molar-refractivity contribution in [1.82, 2.24) is 4.98 Å². The molecule has 0 saturated carbocycles. The fraction of sp³-hybridized carbons (Fsp3) is 0. The predicted octanol–water partition coefficient (Wildman–Crippen LogP) is -0.391. The van der Waals surface area contributed by atoms with Crippen LogP contribution in [0.25, 0.3) is 6.08 Å². The van der Waals surface area contributed by atoms with Gasteiger partial charge in [0.25, 0.3) is 10.0 Å². The van der Waals surface area contributed by atoms with Gasteiger partial charge in [-0.25, -0.2) is 0 Å². The normalized spacial score (nSPS) is 12.2. The first kappa shape index (κ1) is 20.3. The summed E-state index contributed by atoms with van der Waals surface area (Å²) in [5.41, 5.74) is 0.454. The summed E-state index contributed by atoms with van der Waals surface area (Å²) in [6.07, 6.45) is 2.78. The van der Waals surface area contributed by atoms with Crippen LogP contribution in [0.4, 0.5) is 0 Å². The number of rotatable bonds is 4. The van der Waals surface area contributed by atoms with Gasteiger partial charge < -0.3 is 5.11 Å². The van der Waals surface area contributed by atoms with E-state index in [-0.39, 0.29) is 40.1 Å². The van der Waals surface area contributed by atoms with Gasteiger partial charge in [0.2, 0.25) is 0 Å². The van der Waals surface area contributed by atoms with E-state index in [4.69, 9.17) is 11.6 Å². The summed E-state index contributed by atoms with van der Waals surface area (Å²) < 4.78 is 27.5. The Hall–Kier alpha value is -0.700. The maximum Gasteiger partial charge on any atom is 1.00 e. The zero-order valence-corrected chi connectivity index (χ0v) is 17.1. The summed E-state index contributed by atoms with van der Waals surface area (Å²) in [4.78, 5) is 3.94. The summed E-state index contributed by atoms with van der Waals surface area (Å²) in [5, 5.41) is 12.8. The molecule has 0 saturated heterocycles. The van der Waals surface area contributed by atoms with Gasteiger partial charge in [-0.2, -0.15) is 12.8 Å². The molecule has 23 heavy (non-hydrogen) atoms. The van der Waals surface area contributed by atoms with Gasteiger partial charge >= 0.3 is 29.6 Å². The molecule has 2 rings (SSSR count). The third-order valence-corrected chi connectivity index (χ3v) is 4.18. The quantitative estimate of drug-likeness (QED) is 0.381. The number of sulfonamides is 1. The molecule has 9 heteroatoms. The van der Waals surface area contributed by atoms with Crippen molar-refractivity contribution in [2.45, 2.75) is 0 Å². The fourth-order valence-corrected chi connectivity index (χ4v) is 2.94. The molecule has 0 aliphatic carbocycles. The van der Waals surface area contributed by atoms with E-state index in [1.165, 1.54) is 24.4 Å². The predicted molar refractivity (Wildman–Crippen MR) is 87.9 cm³/mol. The first-order valence-corrected chi connectivity index (χ1v) is 8.61. The molecule has 0 atom stereocenters. The summed E-state index contributed by atoms with van der Waals surface area (Å²) in [6.45, 7) is 0. The molecule has 1 aromatic carbocycles. The second-order valence-corrected chi connectivity index (χ2v) is 6.90. The number of benzene rings is 1. The van der Waals surface area contributed by atoms with Crippen LogP contribution in [0.3, 0.4) is 0 Å². The molecule has 0 spiro atoms. The first-order valence-electron chi connectivity index (χ1n) is 5.94. The van der Waals surface area contributed by atoms with E-state index < -0.39 is 15.9 Å². The third-order valence-electron chi connectivity index (χ3n) is 2.47. The number of pyridine rings is 1. The van der Waals surface area contributed by atoms with Crippen LogP contribution in [0.1, 0.15) is 11.3 Å². The van der Waals surface area contributed by atoms with E-state index in [1.807, 2.05) is 0 Å². The number of halogens is 2. The van der Waals surface area contributed by atoms with Gasteiger partial charge in [0.1, 0.15) is 0 Å². The summed E-state index contributed by atoms with van der Waals surface area (Å²) >= 11 is 9.09. The Morgan fingerprint density at radius 1 is 1.30 bits per heavy atom. The van der Waals surface area contributed by atoms with Gasteiger partial charge in [0.15, 0.2) is 0 Å². The zero-order chi connectivity index (χ0) is 16.2. The molecular weight excluding hydrogens is 415 g/mol. The van der Waals surface area contributed by atoms with Crippen LogP contribution in [0.2, 0.25) is 5.02 Å². The van der Waals surface area contributed by atoms with Crippen LogP contribution < -0.4 is 34.7 Å². The van der Waals surface area contributed by atoms with Crippen molar-refractivity contribution in [2.24, 2.45) is 4.40 Å². The molecule has 0 unspecified atom stereocenters. The zero-order valence-electron chi connectivity index (χ0n) is 12.0. The molecule has 1 aromatic heterocycles. The average Bonchev–Trinajstić information content (AvgIpc) is 2.45. The van der Waals surface area contributed by atoms with Crippen molar-refractivity contribution in [1.29, 1.82) is 0 Å². The standard InChI is InChI=1S/C14H10BrClN2O3S.Na/c15-10-4-5-12(13(16)9-10)14(19)18-22(20,21)8-6-11-3-1-2-7-17-11;/h1-9H,(H,18,19);/q;+1/p-1/b8-6+;. The van der Waals surface area contributed by atoms with Crippen LogP contribution in [0, 0.1) is 0 Å². The second kappa shape index (κ2) is 8.96. The molecule has 5 nitrogen and oxygen atoms in total. The minimum absolute atomic E-state index is 0. The number of nitrogens with zero attached hydrogens (tertiary/aromatic N) is 2. The van der Waals surface area contributed by atoms with Crippen molar-refractivity contribution in [2.75, 3.05) is 0 Å². The summed E-state index contributed by atoms with van der Waals surface area (Å²) in [5.74, 6) is -0.928. The smallest absolute Gasteiger partial charge is 0.858 e. The molecule has 0 bridgehead atoms. The third kappa shape index (κ3) is 6.37. The Morgan fingerprint density at radius 3 is 2.65 bits per heavy atom. The van der Waals surface area contributed by atoms with Gasteiger partial charge in [0.05, 0.1) is 11.1 Å². The largest absolute Gasteiger partial charge is 1.00 e. The van der Waals surface area contributed by atoms with Crippen molar-refractivity contribution in [3.63, 3.8) is 0 Å². The first-order chi connectivity index (χ1) is 10.4. The molecule has 1 heterocycles. The Morgan fingerprint density at radius 2 is 2.04 bits per heavy atom. The van der Waals surface area contributed by atoms with E-state index in [0.29, 0.717) is 10.2 Å². The Kier molecular flexibility index (Phi) is 7.93. The van der Waals surface area contributed by atoms with E-state index in [9.17, 15) is 13.5 Å². The van der Waals surface area contributed by atoms with E-state index in [2.05, 4.69) is 25.3 Å². The van der Waals surface area contributed by atoms with Crippen molar-refractivity contribution in [3.8, 4) is 0 Å². The van der Waals surface area contributed by atoms with Gasteiger partial charge in [-0.3, -0.25) is 4.98 Å². The molecule has 0 amide bonds. The fourth-order valence-electron chi connectivity index (χ4n) is 1.49. The van der Waals surface area contributed by atoms with Gasteiger partial charge in [-0.05, 0) is 30.3 Å². The molecule has 114 valence electrons.